The zero-order valence-corrected chi connectivity index (χ0v) is 11.5. The monoisotopic (exact) mass is 266 g/mol. The molecule has 3 nitrogen and oxygen atoms in total. The summed E-state index contributed by atoms with van der Waals surface area (Å²) in [5.41, 5.74) is 2.00. The SMILES string of the molecule is O=C(C=Cc1ccnc2ccccc12)N1CCCCC1. The molecule has 1 amide bonds. The van der Waals surface area contributed by atoms with Gasteiger partial charge in [0.1, 0.15) is 0 Å². The molecule has 0 aliphatic carbocycles. The zero-order chi connectivity index (χ0) is 13.8. The fourth-order valence-corrected chi connectivity index (χ4v) is 2.64. The number of hydrogen-bond donors (Lipinski definition) is 0. The molecule has 3 heteroatoms. The maximum atomic E-state index is 12.1. The van der Waals surface area contributed by atoms with Gasteiger partial charge in [0.2, 0.25) is 5.91 Å². The molecule has 1 aromatic heterocycles. The van der Waals surface area contributed by atoms with Gasteiger partial charge in [0, 0.05) is 30.7 Å². The van der Waals surface area contributed by atoms with Gasteiger partial charge >= 0.3 is 0 Å². The van der Waals surface area contributed by atoms with Crippen LogP contribution in [0.5, 0.6) is 0 Å². The van der Waals surface area contributed by atoms with Crippen LogP contribution in [0.3, 0.4) is 0 Å². The largest absolute Gasteiger partial charge is 0.339 e. The molecule has 0 N–H and O–H groups in total. The lowest BCUT2D eigenvalue weighted by Crippen LogP contribution is -2.34. The predicted octanol–water partition coefficient (Wildman–Crippen LogP) is 3.26. The number of hydrogen-bond acceptors (Lipinski definition) is 2. The Morgan fingerprint density at radius 1 is 1.10 bits per heavy atom. The molecule has 1 aliphatic rings. The van der Waals surface area contributed by atoms with Crippen LogP contribution in [0.4, 0.5) is 0 Å². The van der Waals surface area contributed by atoms with Crippen LogP contribution in [-0.4, -0.2) is 28.9 Å². The molecule has 0 radical (unpaired) electrons. The second kappa shape index (κ2) is 5.87. The first-order valence-corrected chi connectivity index (χ1v) is 7.15. The van der Waals surface area contributed by atoms with Crippen LogP contribution in [0.25, 0.3) is 17.0 Å². The van der Waals surface area contributed by atoms with Gasteiger partial charge < -0.3 is 4.90 Å². The van der Waals surface area contributed by atoms with Crippen molar-refractivity contribution >= 4 is 22.9 Å². The third-order valence-corrected chi connectivity index (χ3v) is 3.76. The molecule has 3 rings (SSSR count). The number of benzene rings is 1. The summed E-state index contributed by atoms with van der Waals surface area (Å²) in [5, 5.41) is 1.08. The fraction of sp³-hybridized carbons (Fsp3) is 0.294. The van der Waals surface area contributed by atoms with Crippen LogP contribution in [0.15, 0.2) is 42.6 Å². The van der Waals surface area contributed by atoms with Crippen molar-refractivity contribution in [3.8, 4) is 0 Å². The molecule has 0 unspecified atom stereocenters. The topological polar surface area (TPSA) is 33.2 Å². The van der Waals surface area contributed by atoms with E-state index in [0.29, 0.717) is 0 Å². The average Bonchev–Trinajstić information content (AvgIpc) is 2.53. The van der Waals surface area contributed by atoms with Crippen molar-refractivity contribution < 1.29 is 4.79 Å². The van der Waals surface area contributed by atoms with E-state index in [1.54, 1.807) is 12.3 Å². The van der Waals surface area contributed by atoms with Crippen molar-refractivity contribution in [1.29, 1.82) is 0 Å². The maximum Gasteiger partial charge on any atom is 0.246 e. The minimum atomic E-state index is 0.116. The van der Waals surface area contributed by atoms with E-state index < -0.39 is 0 Å². The number of piperidine rings is 1. The lowest BCUT2D eigenvalue weighted by atomic mass is 10.1. The summed E-state index contributed by atoms with van der Waals surface area (Å²) in [4.78, 5) is 18.4. The summed E-state index contributed by atoms with van der Waals surface area (Å²) in [7, 11) is 0. The van der Waals surface area contributed by atoms with Crippen LogP contribution >= 0.6 is 0 Å². The van der Waals surface area contributed by atoms with Gasteiger partial charge in [-0.1, -0.05) is 18.2 Å². The lowest BCUT2D eigenvalue weighted by Gasteiger charge is -2.25. The fourth-order valence-electron chi connectivity index (χ4n) is 2.64. The van der Waals surface area contributed by atoms with Crippen molar-refractivity contribution in [2.75, 3.05) is 13.1 Å². The molecule has 1 fully saturated rings. The van der Waals surface area contributed by atoms with E-state index in [4.69, 9.17) is 0 Å². The zero-order valence-electron chi connectivity index (χ0n) is 11.5. The lowest BCUT2D eigenvalue weighted by molar-refractivity contribution is -0.126. The van der Waals surface area contributed by atoms with Crippen LogP contribution in [0.1, 0.15) is 24.8 Å². The molecule has 0 saturated carbocycles. The second-order valence-electron chi connectivity index (χ2n) is 5.14. The standard InChI is InChI=1S/C17H18N2O/c20-17(19-12-4-1-5-13-19)9-8-14-10-11-18-16-7-3-2-6-15(14)16/h2-3,6-11H,1,4-5,12-13H2. The molecule has 0 spiro atoms. The normalized spacial score (nSPS) is 15.9. The van der Waals surface area contributed by atoms with Gasteiger partial charge in [0.05, 0.1) is 5.52 Å². The molecular formula is C17H18N2O. The van der Waals surface area contributed by atoms with E-state index in [0.717, 1.165) is 42.4 Å². The number of para-hydroxylation sites is 1. The molecule has 2 heterocycles. The van der Waals surface area contributed by atoms with Crippen molar-refractivity contribution in [1.82, 2.24) is 9.88 Å². The predicted molar refractivity (Wildman–Crippen MR) is 81.2 cm³/mol. The first-order valence-electron chi connectivity index (χ1n) is 7.15. The average molecular weight is 266 g/mol. The van der Waals surface area contributed by atoms with Gasteiger partial charge in [0.25, 0.3) is 0 Å². The molecule has 1 aliphatic heterocycles. The molecular weight excluding hydrogens is 248 g/mol. The molecule has 1 aromatic carbocycles. The van der Waals surface area contributed by atoms with Crippen molar-refractivity contribution in [3.63, 3.8) is 0 Å². The Bertz CT molecular complexity index is 637. The molecule has 102 valence electrons. The summed E-state index contributed by atoms with van der Waals surface area (Å²) in [5.74, 6) is 0.116. The van der Waals surface area contributed by atoms with E-state index in [1.807, 2.05) is 41.3 Å². The summed E-state index contributed by atoms with van der Waals surface area (Å²) in [6.07, 6.45) is 8.86. The summed E-state index contributed by atoms with van der Waals surface area (Å²) >= 11 is 0. The van der Waals surface area contributed by atoms with E-state index >= 15 is 0 Å². The molecule has 0 atom stereocenters. The number of pyridine rings is 1. The number of nitrogens with zero attached hydrogens (tertiary/aromatic N) is 2. The van der Waals surface area contributed by atoms with Crippen molar-refractivity contribution in [2.24, 2.45) is 0 Å². The quantitative estimate of drug-likeness (QED) is 0.782. The third-order valence-electron chi connectivity index (χ3n) is 3.76. The Morgan fingerprint density at radius 3 is 2.75 bits per heavy atom. The number of amides is 1. The minimum absolute atomic E-state index is 0.116. The number of aromatic nitrogens is 1. The summed E-state index contributed by atoms with van der Waals surface area (Å²) < 4.78 is 0. The highest BCUT2D eigenvalue weighted by atomic mass is 16.2. The second-order valence-corrected chi connectivity index (χ2v) is 5.14. The van der Waals surface area contributed by atoms with E-state index in [2.05, 4.69) is 4.98 Å². The Kier molecular flexibility index (Phi) is 3.77. The smallest absolute Gasteiger partial charge is 0.246 e. The highest BCUT2D eigenvalue weighted by Gasteiger charge is 2.13. The van der Waals surface area contributed by atoms with Gasteiger partial charge in [-0.25, -0.2) is 0 Å². The van der Waals surface area contributed by atoms with Crippen LogP contribution in [-0.2, 0) is 4.79 Å². The van der Waals surface area contributed by atoms with E-state index in [9.17, 15) is 4.79 Å². The van der Waals surface area contributed by atoms with Crippen LogP contribution < -0.4 is 0 Å². The highest BCUT2D eigenvalue weighted by molar-refractivity contribution is 5.95. The molecule has 1 saturated heterocycles. The number of carbonyl (C=O) groups is 1. The first-order chi connectivity index (χ1) is 9.84. The van der Waals surface area contributed by atoms with E-state index in [1.165, 1.54) is 6.42 Å². The Balaban J connectivity index is 1.81. The van der Waals surface area contributed by atoms with Crippen LogP contribution in [0.2, 0.25) is 0 Å². The first kappa shape index (κ1) is 12.9. The van der Waals surface area contributed by atoms with Crippen LogP contribution in [0, 0.1) is 0 Å². The van der Waals surface area contributed by atoms with E-state index in [-0.39, 0.29) is 5.91 Å². The van der Waals surface area contributed by atoms with Gasteiger partial charge in [0.15, 0.2) is 0 Å². The van der Waals surface area contributed by atoms with Crippen molar-refractivity contribution in [3.05, 3.63) is 48.2 Å². The van der Waals surface area contributed by atoms with Crippen molar-refractivity contribution in [2.45, 2.75) is 19.3 Å². The number of fused-ring (bicyclic) bond motifs is 1. The van der Waals surface area contributed by atoms with Gasteiger partial charge in [-0.3, -0.25) is 9.78 Å². The Morgan fingerprint density at radius 2 is 1.90 bits per heavy atom. The number of likely N-dealkylation sites (tertiary alicyclic amines) is 1. The number of rotatable bonds is 2. The Hall–Kier alpha value is -2.16. The summed E-state index contributed by atoms with van der Waals surface area (Å²) in [6.45, 7) is 1.78. The molecule has 2 aromatic rings. The molecule has 0 bridgehead atoms. The van der Waals surface area contributed by atoms with Gasteiger partial charge in [-0.05, 0) is 43.0 Å². The minimum Gasteiger partial charge on any atom is -0.339 e. The molecule has 20 heavy (non-hydrogen) atoms. The number of carbonyl (C=O) groups excluding carboxylic acids is 1. The van der Waals surface area contributed by atoms with Gasteiger partial charge in [-0.15, -0.1) is 0 Å². The maximum absolute atomic E-state index is 12.1. The Labute approximate surface area is 118 Å². The summed E-state index contributed by atoms with van der Waals surface area (Å²) in [6, 6.07) is 9.93. The highest BCUT2D eigenvalue weighted by Crippen LogP contribution is 2.17. The third kappa shape index (κ3) is 2.72. The van der Waals surface area contributed by atoms with Gasteiger partial charge in [-0.2, -0.15) is 0 Å².